The maximum atomic E-state index is 12.8. The Morgan fingerprint density at radius 1 is 1.06 bits per heavy atom. The van der Waals surface area contributed by atoms with Gasteiger partial charge in [0.1, 0.15) is 12.3 Å². The minimum Gasteiger partial charge on any atom is -0.490 e. The van der Waals surface area contributed by atoms with Crippen molar-refractivity contribution in [3.8, 4) is 11.5 Å². The second kappa shape index (κ2) is 10.7. The average Bonchev–Trinajstić information content (AvgIpc) is 2.78. The Balaban J connectivity index is 1.74. The summed E-state index contributed by atoms with van der Waals surface area (Å²) >= 11 is 0. The molecule has 1 N–H and O–H groups in total. The van der Waals surface area contributed by atoms with Crippen LogP contribution in [0.3, 0.4) is 0 Å². The van der Waals surface area contributed by atoms with Gasteiger partial charge >= 0.3 is 6.18 Å². The molecule has 3 aromatic carbocycles. The van der Waals surface area contributed by atoms with Gasteiger partial charge in [-0.1, -0.05) is 29.8 Å². The molecule has 0 heterocycles. The maximum absolute atomic E-state index is 12.8. The van der Waals surface area contributed by atoms with E-state index in [1.807, 2.05) is 38.1 Å². The second-order valence-corrected chi connectivity index (χ2v) is 7.27. The average molecular weight is 473 g/mol. The first-order chi connectivity index (χ1) is 16.2. The Labute approximate surface area is 194 Å². The van der Waals surface area contributed by atoms with Crippen molar-refractivity contribution in [2.45, 2.75) is 26.6 Å². The van der Waals surface area contributed by atoms with Crippen molar-refractivity contribution in [3.05, 3.63) is 93.0 Å². The smallest absolute Gasteiger partial charge is 0.416 e. The fraction of sp³-hybridized carbons (Fsp3) is 0.208. The molecule has 0 amide bonds. The van der Waals surface area contributed by atoms with Gasteiger partial charge in [0.25, 0.3) is 5.69 Å². The number of nitro benzene ring substituents is 1. The molecule has 34 heavy (non-hydrogen) atoms. The number of halogens is 3. The van der Waals surface area contributed by atoms with Crippen LogP contribution in [-0.2, 0) is 12.8 Å². The number of hydrogen-bond acceptors (Lipinski definition) is 6. The van der Waals surface area contributed by atoms with Gasteiger partial charge in [0, 0.05) is 6.07 Å². The standard InChI is InChI=1S/C24H22F3N3O4/c1-3-33-23-12-17(7-10-22(23)34-15-18-6-4-5-16(2)11-18)14-28-29-20-9-8-19(24(25,26)27)13-21(20)30(31)32/h4-14,29H,3,15H2,1-2H3/b28-14-. The molecule has 0 aromatic heterocycles. The third-order valence-electron chi connectivity index (χ3n) is 4.66. The number of rotatable bonds is 9. The highest BCUT2D eigenvalue weighted by atomic mass is 19.4. The van der Waals surface area contributed by atoms with Crippen molar-refractivity contribution in [3.63, 3.8) is 0 Å². The molecule has 7 nitrogen and oxygen atoms in total. The van der Waals surface area contributed by atoms with Gasteiger partial charge in [-0.15, -0.1) is 0 Å². The van der Waals surface area contributed by atoms with Crippen molar-refractivity contribution < 1.29 is 27.6 Å². The van der Waals surface area contributed by atoms with Gasteiger partial charge in [0.15, 0.2) is 11.5 Å². The Morgan fingerprint density at radius 2 is 1.85 bits per heavy atom. The second-order valence-electron chi connectivity index (χ2n) is 7.27. The zero-order valence-electron chi connectivity index (χ0n) is 18.4. The molecule has 0 atom stereocenters. The highest BCUT2D eigenvalue weighted by Gasteiger charge is 2.33. The summed E-state index contributed by atoms with van der Waals surface area (Å²) < 4.78 is 50.1. The van der Waals surface area contributed by atoms with Crippen LogP contribution < -0.4 is 14.9 Å². The quantitative estimate of drug-likeness (QED) is 0.222. The molecule has 178 valence electrons. The Kier molecular flexibility index (Phi) is 7.72. The van der Waals surface area contributed by atoms with Crippen LogP contribution >= 0.6 is 0 Å². The van der Waals surface area contributed by atoms with E-state index in [1.54, 1.807) is 18.2 Å². The highest BCUT2D eigenvalue weighted by molar-refractivity contribution is 5.82. The molecule has 3 rings (SSSR count). The summed E-state index contributed by atoms with van der Waals surface area (Å²) in [6.45, 7) is 4.58. The third-order valence-corrected chi connectivity index (χ3v) is 4.66. The molecular weight excluding hydrogens is 451 g/mol. The summed E-state index contributed by atoms with van der Waals surface area (Å²) in [6.07, 6.45) is -3.32. The Morgan fingerprint density at radius 3 is 2.53 bits per heavy atom. The number of nitro groups is 1. The van der Waals surface area contributed by atoms with E-state index in [0.29, 0.717) is 36.3 Å². The summed E-state index contributed by atoms with van der Waals surface area (Å²) in [5.74, 6) is 1.02. The predicted octanol–water partition coefficient (Wildman–Crippen LogP) is 6.35. The van der Waals surface area contributed by atoms with Gasteiger partial charge in [-0.2, -0.15) is 18.3 Å². The fourth-order valence-corrected chi connectivity index (χ4v) is 3.09. The molecule has 0 aliphatic heterocycles. The highest BCUT2D eigenvalue weighted by Crippen LogP contribution is 2.35. The Hall–Kier alpha value is -4.08. The van der Waals surface area contributed by atoms with Crippen LogP contribution in [-0.4, -0.2) is 17.7 Å². The van der Waals surface area contributed by atoms with Crippen LogP contribution in [0.15, 0.2) is 65.8 Å². The monoisotopic (exact) mass is 473 g/mol. The minimum atomic E-state index is -4.69. The van der Waals surface area contributed by atoms with Crippen molar-refractivity contribution in [1.82, 2.24) is 0 Å². The minimum absolute atomic E-state index is 0.169. The predicted molar refractivity (Wildman–Crippen MR) is 122 cm³/mol. The van der Waals surface area contributed by atoms with Crippen LogP contribution in [0.2, 0.25) is 0 Å². The van der Waals surface area contributed by atoms with Crippen LogP contribution in [0.25, 0.3) is 0 Å². The first-order valence-electron chi connectivity index (χ1n) is 10.3. The van der Waals surface area contributed by atoms with Crippen molar-refractivity contribution >= 4 is 17.6 Å². The molecule has 0 fully saturated rings. The lowest BCUT2D eigenvalue weighted by Crippen LogP contribution is -2.06. The molecule has 0 spiro atoms. The van der Waals surface area contributed by atoms with E-state index in [9.17, 15) is 23.3 Å². The van der Waals surface area contributed by atoms with Gasteiger partial charge < -0.3 is 9.47 Å². The molecule has 0 aliphatic carbocycles. The normalized spacial score (nSPS) is 11.4. The lowest BCUT2D eigenvalue weighted by Gasteiger charge is -2.13. The largest absolute Gasteiger partial charge is 0.490 e. The lowest BCUT2D eigenvalue weighted by molar-refractivity contribution is -0.384. The molecule has 10 heteroatoms. The van der Waals surface area contributed by atoms with Gasteiger partial charge in [-0.3, -0.25) is 15.5 Å². The van der Waals surface area contributed by atoms with Crippen molar-refractivity contribution in [2.24, 2.45) is 5.10 Å². The van der Waals surface area contributed by atoms with Gasteiger partial charge in [0.2, 0.25) is 0 Å². The summed E-state index contributed by atoms with van der Waals surface area (Å²) in [7, 11) is 0. The van der Waals surface area contributed by atoms with Crippen LogP contribution in [0.5, 0.6) is 11.5 Å². The molecule has 0 unspecified atom stereocenters. The number of benzene rings is 3. The van der Waals surface area contributed by atoms with E-state index < -0.39 is 22.4 Å². The number of nitrogens with one attached hydrogen (secondary N) is 1. The first-order valence-corrected chi connectivity index (χ1v) is 10.3. The molecule has 0 saturated carbocycles. The van der Waals surface area contributed by atoms with Gasteiger partial charge in [0.05, 0.1) is 23.3 Å². The zero-order chi connectivity index (χ0) is 24.7. The van der Waals surface area contributed by atoms with Gasteiger partial charge in [-0.25, -0.2) is 0 Å². The number of hydrazone groups is 1. The summed E-state index contributed by atoms with van der Waals surface area (Å²) in [5, 5.41) is 15.1. The first kappa shape index (κ1) is 24.6. The molecule has 0 saturated heterocycles. The third kappa shape index (κ3) is 6.47. The number of nitrogens with zero attached hydrogens (tertiary/aromatic N) is 2. The molecule has 3 aromatic rings. The lowest BCUT2D eigenvalue weighted by atomic mass is 10.1. The van der Waals surface area contributed by atoms with Gasteiger partial charge in [-0.05, 0) is 55.3 Å². The molecule has 0 aliphatic rings. The maximum Gasteiger partial charge on any atom is 0.416 e. The number of ether oxygens (including phenoxy) is 2. The van der Waals surface area contributed by atoms with E-state index in [4.69, 9.17) is 9.47 Å². The Bertz CT molecular complexity index is 1200. The van der Waals surface area contributed by atoms with E-state index >= 15 is 0 Å². The van der Waals surface area contributed by atoms with E-state index in [1.165, 1.54) is 6.21 Å². The number of hydrogen-bond donors (Lipinski definition) is 1. The van der Waals surface area contributed by atoms with Crippen molar-refractivity contribution in [2.75, 3.05) is 12.0 Å². The summed E-state index contributed by atoms with van der Waals surface area (Å²) in [5.41, 5.74) is 3.13. The number of aryl methyl sites for hydroxylation is 1. The van der Waals surface area contributed by atoms with Crippen LogP contribution in [0, 0.1) is 17.0 Å². The molecule has 0 bridgehead atoms. The number of alkyl halides is 3. The molecule has 0 radical (unpaired) electrons. The topological polar surface area (TPSA) is 86.0 Å². The fourth-order valence-electron chi connectivity index (χ4n) is 3.09. The summed E-state index contributed by atoms with van der Waals surface area (Å²) in [4.78, 5) is 10.3. The zero-order valence-corrected chi connectivity index (χ0v) is 18.4. The van der Waals surface area contributed by atoms with Crippen LogP contribution in [0.4, 0.5) is 24.5 Å². The summed E-state index contributed by atoms with van der Waals surface area (Å²) in [6, 6.07) is 15.2. The van der Waals surface area contributed by atoms with E-state index in [2.05, 4.69) is 10.5 Å². The van der Waals surface area contributed by atoms with E-state index in [0.717, 1.165) is 23.3 Å². The van der Waals surface area contributed by atoms with E-state index in [-0.39, 0.29) is 5.69 Å². The van der Waals surface area contributed by atoms with Crippen LogP contribution in [0.1, 0.15) is 29.2 Å². The SMILES string of the molecule is CCOc1cc(/C=N\Nc2ccc(C(F)(F)F)cc2[N+](=O)[O-])ccc1OCc1cccc(C)c1. The number of anilines is 1. The molecular formula is C24H22F3N3O4. The van der Waals surface area contributed by atoms with Crippen molar-refractivity contribution in [1.29, 1.82) is 0 Å².